The van der Waals surface area contributed by atoms with Gasteiger partial charge in [-0.3, -0.25) is 0 Å². The Morgan fingerprint density at radius 3 is 1.88 bits per heavy atom. The van der Waals surface area contributed by atoms with Gasteiger partial charge < -0.3 is 0 Å². The molecule has 1 rings (SSSR count). The van der Waals surface area contributed by atoms with Crippen LogP contribution in [0.4, 0.5) is 0 Å². The standard InChI is InChI=1S/C8H15/c1-8-6-4-2-3-5-7-8/h8H,1-7H2. The third-order valence-electron chi connectivity index (χ3n) is 1.97. The van der Waals surface area contributed by atoms with E-state index >= 15 is 0 Å². The third-order valence-corrected chi connectivity index (χ3v) is 1.97. The highest BCUT2D eigenvalue weighted by Crippen LogP contribution is 2.21. The minimum absolute atomic E-state index is 0.775. The van der Waals surface area contributed by atoms with E-state index in [1.165, 1.54) is 38.5 Å². The van der Waals surface area contributed by atoms with Crippen LogP contribution in [0.15, 0.2) is 0 Å². The number of rotatable bonds is 0. The topological polar surface area (TPSA) is 0 Å². The lowest BCUT2D eigenvalue weighted by Crippen LogP contribution is -1.89. The van der Waals surface area contributed by atoms with Crippen molar-refractivity contribution in [3.8, 4) is 0 Å². The molecule has 1 saturated carbocycles. The van der Waals surface area contributed by atoms with Gasteiger partial charge in [0.25, 0.3) is 0 Å². The zero-order chi connectivity index (χ0) is 5.82. The van der Waals surface area contributed by atoms with Gasteiger partial charge in [-0.2, -0.15) is 0 Å². The van der Waals surface area contributed by atoms with Crippen LogP contribution in [0.5, 0.6) is 0 Å². The molecule has 0 nitrogen and oxygen atoms in total. The molecular weight excluding hydrogens is 96.1 g/mol. The Bertz CT molecular complexity index is 49.1. The average Bonchev–Trinajstić information content (AvgIpc) is 1.94. The highest BCUT2D eigenvalue weighted by atomic mass is 14.1. The fourth-order valence-electron chi connectivity index (χ4n) is 1.36. The molecule has 0 unspecified atom stereocenters. The molecule has 0 heteroatoms. The number of hydrogen-bond acceptors (Lipinski definition) is 0. The summed E-state index contributed by atoms with van der Waals surface area (Å²) in [5, 5.41) is 0. The van der Waals surface area contributed by atoms with Crippen LogP contribution in [-0.4, -0.2) is 0 Å². The minimum atomic E-state index is 0.775. The summed E-state index contributed by atoms with van der Waals surface area (Å²) in [5.41, 5.74) is 0. The summed E-state index contributed by atoms with van der Waals surface area (Å²) in [7, 11) is 0. The summed E-state index contributed by atoms with van der Waals surface area (Å²) >= 11 is 0. The maximum absolute atomic E-state index is 4.06. The molecule has 47 valence electrons. The first kappa shape index (κ1) is 6.12. The van der Waals surface area contributed by atoms with E-state index in [1.807, 2.05) is 0 Å². The molecule has 0 aromatic rings. The maximum Gasteiger partial charge on any atom is -0.0414 e. The van der Waals surface area contributed by atoms with Crippen molar-refractivity contribution in [1.82, 2.24) is 0 Å². The monoisotopic (exact) mass is 111 g/mol. The van der Waals surface area contributed by atoms with Crippen LogP contribution in [-0.2, 0) is 0 Å². The smallest absolute Gasteiger partial charge is 0.0414 e. The van der Waals surface area contributed by atoms with Crippen molar-refractivity contribution in [1.29, 1.82) is 0 Å². The molecule has 0 atom stereocenters. The van der Waals surface area contributed by atoms with Crippen LogP contribution in [0.25, 0.3) is 0 Å². The zero-order valence-electron chi connectivity index (χ0n) is 5.53. The molecule has 0 aromatic carbocycles. The van der Waals surface area contributed by atoms with Gasteiger partial charge in [0.1, 0.15) is 0 Å². The fourth-order valence-corrected chi connectivity index (χ4v) is 1.36. The van der Waals surface area contributed by atoms with Gasteiger partial charge in [0.15, 0.2) is 0 Å². The Balaban J connectivity index is 2.17. The van der Waals surface area contributed by atoms with Crippen molar-refractivity contribution in [3.63, 3.8) is 0 Å². The van der Waals surface area contributed by atoms with E-state index in [2.05, 4.69) is 6.92 Å². The first-order chi connectivity index (χ1) is 3.89. The number of hydrogen-bond donors (Lipinski definition) is 0. The van der Waals surface area contributed by atoms with Crippen LogP contribution in [0, 0.1) is 12.8 Å². The van der Waals surface area contributed by atoms with Gasteiger partial charge in [0.05, 0.1) is 0 Å². The Hall–Kier alpha value is 0. The van der Waals surface area contributed by atoms with Gasteiger partial charge in [0.2, 0.25) is 0 Å². The van der Waals surface area contributed by atoms with Crippen LogP contribution in [0.3, 0.4) is 0 Å². The Labute approximate surface area is 52.3 Å². The van der Waals surface area contributed by atoms with E-state index < -0.39 is 0 Å². The second kappa shape index (κ2) is 3.11. The average molecular weight is 111 g/mol. The molecule has 0 saturated heterocycles. The predicted molar refractivity (Wildman–Crippen MR) is 36.5 cm³/mol. The molecule has 1 fully saturated rings. The van der Waals surface area contributed by atoms with Gasteiger partial charge in [-0.05, 0) is 5.92 Å². The second-order valence-corrected chi connectivity index (χ2v) is 2.86. The molecule has 0 bridgehead atoms. The molecule has 8 heavy (non-hydrogen) atoms. The van der Waals surface area contributed by atoms with Gasteiger partial charge in [-0.25, -0.2) is 0 Å². The molecule has 0 N–H and O–H groups in total. The van der Waals surface area contributed by atoms with E-state index in [0.717, 1.165) is 5.92 Å². The molecule has 0 aliphatic heterocycles. The second-order valence-electron chi connectivity index (χ2n) is 2.86. The Morgan fingerprint density at radius 1 is 0.875 bits per heavy atom. The Morgan fingerprint density at radius 2 is 1.38 bits per heavy atom. The third kappa shape index (κ3) is 1.85. The van der Waals surface area contributed by atoms with Crippen LogP contribution in [0.1, 0.15) is 38.5 Å². The lowest BCUT2D eigenvalue weighted by Gasteiger charge is -2.02. The molecular formula is C8H15. The summed E-state index contributed by atoms with van der Waals surface area (Å²) in [4.78, 5) is 0. The van der Waals surface area contributed by atoms with E-state index in [4.69, 9.17) is 0 Å². The van der Waals surface area contributed by atoms with Crippen LogP contribution >= 0.6 is 0 Å². The highest BCUT2D eigenvalue weighted by Gasteiger charge is 2.05. The lowest BCUT2D eigenvalue weighted by atomic mass is 10.0. The van der Waals surface area contributed by atoms with E-state index in [-0.39, 0.29) is 0 Å². The normalized spacial score (nSPS) is 25.1. The molecule has 1 radical (unpaired) electrons. The van der Waals surface area contributed by atoms with Gasteiger partial charge in [0, 0.05) is 0 Å². The van der Waals surface area contributed by atoms with Crippen molar-refractivity contribution in [2.24, 2.45) is 5.92 Å². The summed E-state index contributed by atoms with van der Waals surface area (Å²) in [6, 6.07) is 0. The fraction of sp³-hybridized carbons (Fsp3) is 0.875. The zero-order valence-corrected chi connectivity index (χ0v) is 5.53. The van der Waals surface area contributed by atoms with Crippen molar-refractivity contribution in [2.75, 3.05) is 0 Å². The predicted octanol–water partition coefficient (Wildman–Crippen LogP) is 2.79. The van der Waals surface area contributed by atoms with Gasteiger partial charge >= 0.3 is 0 Å². The molecule has 0 spiro atoms. The largest absolute Gasteiger partial charge is 0.0533 e. The lowest BCUT2D eigenvalue weighted by molar-refractivity contribution is 0.555. The molecule has 0 heterocycles. The molecule has 1 aliphatic rings. The maximum atomic E-state index is 4.06. The van der Waals surface area contributed by atoms with Crippen LogP contribution in [0.2, 0.25) is 0 Å². The van der Waals surface area contributed by atoms with Gasteiger partial charge in [-0.15, -0.1) is 0 Å². The summed E-state index contributed by atoms with van der Waals surface area (Å²) in [5.74, 6) is 0.775. The Kier molecular flexibility index (Phi) is 2.38. The van der Waals surface area contributed by atoms with Crippen LogP contribution < -0.4 is 0 Å². The van der Waals surface area contributed by atoms with E-state index in [9.17, 15) is 0 Å². The van der Waals surface area contributed by atoms with E-state index in [0.29, 0.717) is 0 Å². The summed E-state index contributed by atoms with van der Waals surface area (Å²) in [6.45, 7) is 4.06. The van der Waals surface area contributed by atoms with E-state index in [1.54, 1.807) is 0 Å². The molecule has 0 aromatic heterocycles. The summed E-state index contributed by atoms with van der Waals surface area (Å²) < 4.78 is 0. The van der Waals surface area contributed by atoms with Crippen molar-refractivity contribution in [2.45, 2.75) is 38.5 Å². The SMILES string of the molecule is [CH2]C1CCCCCC1. The first-order valence-corrected chi connectivity index (χ1v) is 3.72. The summed E-state index contributed by atoms with van der Waals surface area (Å²) in [6.07, 6.45) is 8.50. The minimum Gasteiger partial charge on any atom is -0.0533 e. The van der Waals surface area contributed by atoms with Crippen molar-refractivity contribution in [3.05, 3.63) is 6.92 Å². The highest BCUT2D eigenvalue weighted by molar-refractivity contribution is 4.64. The van der Waals surface area contributed by atoms with Crippen molar-refractivity contribution < 1.29 is 0 Å². The van der Waals surface area contributed by atoms with Crippen molar-refractivity contribution >= 4 is 0 Å². The first-order valence-electron chi connectivity index (χ1n) is 3.72. The molecule has 0 amide bonds. The molecule has 1 aliphatic carbocycles. The van der Waals surface area contributed by atoms with Gasteiger partial charge in [-0.1, -0.05) is 45.4 Å². The quantitative estimate of drug-likeness (QED) is 0.422.